The van der Waals surface area contributed by atoms with Crippen LogP contribution in [0.25, 0.3) is 0 Å². The number of piperidine rings is 1. The Morgan fingerprint density at radius 3 is 2.79 bits per heavy atom. The van der Waals surface area contributed by atoms with Crippen molar-refractivity contribution in [3.05, 3.63) is 11.6 Å². The first-order valence-corrected chi connectivity index (χ1v) is 7.96. The lowest BCUT2D eigenvalue weighted by Crippen LogP contribution is -2.40. The number of nitrogens with zero attached hydrogens (tertiary/aromatic N) is 1. The molecule has 0 bridgehead atoms. The summed E-state index contributed by atoms with van der Waals surface area (Å²) < 4.78 is 0. The van der Waals surface area contributed by atoms with Crippen molar-refractivity contribution < 1.29 is 4.79 Å². The normalized spacial score (nSPS) is 21.3. The zero-order valence-corrected chi connectivity index (χ0v) is 12.3. The highest BCUT2D eigenvalue weighted by molar-refractivity contribution is 5.78. The second kappa shape index (κ2) is 7.68. The number of hydrogen-bond acceptors (Lipinski definition) is 2. The van der Waals surface area contributed by atoms with Gasteiger partial charge in [0, 0.05) is 19.5 Å². The van der Waals surface area contributed by atoms with E-state index in [9.17, 15) is 4.79 Å². The largest absolute Gasteiger partial charge is 0.342 e. The van der Waals surface area contributed by atoms with Crippen LogP contribution in [0, 0.1) is 5.92 Å². The first-order valence-electron chi connectivity index (χ1n) is 7.96. The Bertz CT molecular complexity index is 317. The molecule has 1 N–H and O–H groups in total. The molecule has 0 unspecified atom stereocenters. The second-order valence-corrected chi connectivity index (χ2v) is 5.92. The molecule has 0 aromatic heterocycles. The number of carbonyl (C=O) groups is 1. The molecular weight excluding hydrogens is 236 g/mol. The zero-order chi connectivity index (χ0) is 13.5. The first kappa shape index (κ1) is 14.6. The van der Waals surface area contributed by atoms with Crippen molar-refractivity contribution in [2.45, 2.75) is 51.9 Å². The van der Waals surface area contributed by atoms with Crippen molar-refractivity contribution in [3.8, 4) is 0 Å². The maximum absolute atomic E-state index is 12.3. The van der Waals surface area contributed by atoms with Gasteiger partial charge in [-0.25, -0.2) is 0 Å². The molecule has 1 aliphatic heterocycles. The lowest BCUT2D eigenvalue weighted by molar-refractivity contribution is -0.131. The standard InChI is InChI=1S/C16H28N2O/c1-2-17-13-15-8-10-18(11-9-15)16(19)12-14-6-4-3-5-7-14/h6,15,17H,2-5,7-13H2,1H3. The molecular formula is C16H28N2O. The van der Waals surface area contributed by atoms with Crippen molar-refractivity contribution in [1.29, 1.82) is 0 Å². The summed E-state index contributed by atoms with van der Waals surface area (Å²) >= 11 is 0. The van der Waals surface area contributed by atoms with Crippen molar-refractivity contribution in [1.82, 2.24) is 10.2 Å². The van der Waals surface area contributed by atoms with Crippen molar-refractivity contribution in [2.75, 3.05) is 26.2 Å². The molecule has 0 atom stereocenters. The summed E-state index contributed by atoms with van der Waals surface area (Å²) in [6.45, 7) is 6.23. The van der Waals surface area contributed by atoms with Crippen LogP contribution in [0.1, 0.15) is 51.9 Å². The Balaban J connectivity index is 1.71. The lowest BCUT2D eigenvalue weighted by Gasteiger charge is -2.32. The van der Waals surface area contributed by atoms with Crippen LogP contribution in [0.5, 0.6) is 0 Å². The van der Waals surface area contributed by atoms with E-state index >= 15 is 0 Å². The second-order valence-electron chi connectivity index (χ2n) is 5.92. The molecule has 1 fully saturated rings. The first-order chi connectivity index (χ1) is 9.29. The molecule has 19 heavy (non-hydrogen) atoms. The molecule has 0 aromatic carbocycles. The van der Waals surface area contributed by atoms with Crippen LogP contribution < -0.4 is 5.32 Å². The highest BCUT2D eigenvalue weighted by Crippen LogP contribution is 2.23. The molecule has 3 heteroatoms. The third kappa shape index (κ3) is 4.64. The third-order valence-corrected chi connectivity index (χ3v) is 4.41. The van der Waals surface area contributed by atoms with E-state index in [1.807, 2.05) is 0 Å². The van der Waals surface area contributed by atoms with Crippen molar-refractivity contribution in [3.63, 3.8) is 0 Å². The third-order valence-electron chi connectivity index (χ3n) is 4.41. The van der Waals surface area contributed by atoms with Gasteiger partial charge in [-0.1, -0.05) is 18.6 Å². The van der Waals surface area contributed by atoms with Gasteiger partial charge in [-0.3, -0.25) is 4.79 Å². The van der Waals surface area contributed by atoms with Gasteiger partial charge in [0.2, 0.25) is 5.91 Å². The van der Waals surface area contributed by atoms with Gasteiger partial charge in [-0.2, -0.15) is 0 Å². The van der Waals surface area contributed by atoms with Gasteiger partial charge < -0.3 is 10.2 Å². The number of allylic oxidation sites excluding steroid dienone is 1. The van der Waals surface area contributed by atoms with E-state index in [0.29, 0.717) is 12.3 Å². The van der Waals surface area contributed by atoms with Crippen molar-refractivity contribution >= 4 is 5.91 Å². The van der Waals surface area contributed by atoms with Gasteiger partial charge in [0.25, 0.3) is 0 Å². The average molecular weight is 264 g/mol. The van der Waals surface area contributed by atoms with Gasteiger partial charge in [-0.05, 0) is 57.5 Å². The molecule has 0 radical (unpaired) electrons. The van der Waals surface area contributed by atoms with Crippen LogP contribution in [0.2, 0.25) is 0 Å². The quantitative estimate of drug-likeness (QED) is 0.774. The number of carbonyl (C=O) groups excluding carboxylic acids is 1. The molecule has 1 aliphatic carbocycles. The molecule has 2 aliphatic rings. The van der Waals surface area contributed by atoms with Crippen LogP contribution in [0.15, 0.2) is 11.6 Å². The Kier molecular flexibility index (Phi) is 5.90. The molecule has 0 aromatic rings. The Morgan fingerprint density at radius 1 is 1.37 bits per heavy atom. The minimum Gasteiger partial charge on any atom is -0.342 e. The van der Waals surface area contributed by atoms with E-state index in [0.717, 1.165) is 51.4 Å². The summed E-state index contributed by atoms with van der Waals surface area (Å²) in [6, 6.07) is 0. The number of nitrogens with one attached hydrogen (secondary N) is 1. The maximum Gasteiger partial charge on any atom is 0.226 e. The van der Waals surface area contributed by atoms with E-state index in [1.54, 1.807) is 0 Å². The van der Waals surface area contributed by atoms with E-state index < -0.39 is 0 Å². The van der Waals surface area contributed by atoms with Crippen LogP contribution >= 0.6 is 0 Å². The van der Waals surface area contributed by atoms with Gasteiger partial charge in [0.05, 0.1) is 0 Å². The lowest BCUT2D eigenvalue weighted by atomic mass is 9.94. The van der Waals surface area contributed by atoms with Crippen molar-refractivity contribution in [2.24, 2.45) is 5.92 Å². The Hall–Kier alpha value is -0.830. The smallest absolute Gasteiger partial charge is 0.226 e. The fourth-order valence-corrected chi connectivity index (χ4v) is 3.11. The van der Waals surface area contributed by atoms with E-state index in [4.69, 9.17) is 0 Å². The van der Waals surface area contributed by atoms with Gasteiger partial charge in [0.1, 0.15) is 0 Å². The number of amides is 1. The fourth-order valence-electron chi connectivity index (χ4n) is 3.11. The van der Waals surface area contributed by atoms with Gasteiger partial charge in [-0.15, -0.1) is 0 Å². The van der Waals surface area contributed by atoms with Crippen LogP contribution in [-0.4, -0.2) is 37.0 Å². The number of likely N-dealkylation sites (tertiary alicyclic amines) is 1. The SMILES string of the molecule is CCNCC1CCN(C(=O)CC2=CCCCC2)CC1. The summed E-state index contributed by atoms with van der Waals surface area (Å²) in [4.78, 5) is 14.3. The van der Waals surface area contributed by atoms with Crippen LogP contribution in [0.4, 0.5) is 0 Å². The van der Waals surface area contributed by atoms with Gasteiger partial charge in [0.15, 0.2) is 0 Å². The highest BCUT2D eigenvalue weighted by atomic mass is 16.2. The molecule has 1 heterocycles. The summed E-state index contributed by atoms with van der Waals surface area (Å²) in [7, 11) is 0. The molecule has 2 rings (SSSR count). The fraction of sp³-hybridized carbons (Fsp3) is 0.812. The molecule has 108 valence electrons. The molecule has 0 spiro atoms. The Morgan fingerprint density at radius 2 is 2.16 bits per heavy atom. The number of rotatable bonds is 5. The van der Waals surface area contributed by atoms with E-state index in [1.165, 1.54) is 24.8 Å². The molecule has 3 nitrogen and oxygen atoms in total. The minimum absolute atomic E-state index is 0.357. The summed E-state index contributed by atoms with van der Waals surface area (Å²) in [5.74, 6) is 1.12. The maximum atomic E-state index is 12.3. The van der Waals surface area contributed by atoms with Crippen LogP contribution in [-0.2, 0) is 4.79 Å². The monoisotopic (exact) mass is 264 g/mol. The molecule has 0 saturated carbocycles. The summed E-state index contributed by atoms with van der Waals surface area (Å²) in [5, 5.41) is 3.42. The highest BCUT2D eigenvalue weighted by Gasteiger charge is 2.23. The zero-order valence-electron chi connectivity index (χ0n) is 12.3. The predicted octanol–water partition coefficient (Wildman–Crippen LogP) is 2.73. The summed E-state index contributed by atoms with van der Waals surface area (Å²) in [5.41, 5.74) is 1.38. The minimum atomic E-state index is 0.357. The van der Waals surface area contributed by atoms with E-state index in [-0.39, 0.29) is 0 Å². The predicted molar refractivity (Wildman–Crippen MR) is 79.0 cm³/mol. The molecule has 1 saturated heterocycles. The van der Waals surface area contributed by atoms with Crippen LogP contribution in [0.3, 0.4) is 0 Å². The average Bonchev–Trinajstić information content (AvgIpc) is 2.46. The Labute approximate surface area is 117 Å². The number of hydrogen-bond donors (Lipinski definition) is 1. The topological polar surface area (TPSA) is 32.3 Å². The summed E-state index contributed by atoms with van der Waals surface area (Å²) in [6.07, 6.45) is 10.2. The van der Waals surface area contributed by atoms with Gasteiger partial charge >= 0.3 is 0 Å². The molecule has 1 amide bonds. The van der Waals surface area contributed by atoms with E-state index in [2.05, 4.69) is 23.2 Å².